The Labute approximate surface area is 102 Å². The first-order chi connectivity index (χ1) is 7.44. The fraction of sp³-hybridized carbons (Fsp3) is 0.867. The minimum Gasteiger partial charge on any atom is -0.286 e. The number of unbranched alkanes of at least 4 members (excludes halogenated alkanes) is 1. The third-order valence-electron chi connectivity index (χ3n) is 4.18. The van der Waals surface area contributed by atoms with Crippen LogP contribution in [0, 0.1) is 0 Å². The van der Waals surface area contributed by atoms with Gasteiger partial charge in [-0.05, 0) is 52.9 Å². The normalized spacial score (nSPS) is 27.8. The Morgan fingerprint density at radius 1 is 1.25 bits per heavy atom. The minimum absolute atomic E-state index is 0.324. The first kappa shape index (κ1) is 13.8. The molecule has 1 nitrogen and oxygen atoms in total. The van der Waals surface area contributed by atoms with Crippen LogP contribution >= 0.6 is 0 Å². The van der Waals surface area contributed by atoms with E-state index in [1.165, 1.54) is 25.7 Å². The minimum atomic E-state index is 0.324. The largest absolute Gasteiger partial charge is 0.286 e. The van der Waals surface area contributed by atoms with Crippen LogP contribution in [0.3, 0.4) is 0 Å². The molecule has 0 aromatic heterocycles. The second-order valence-electron chi connectivity index (χ2n) is 6.09. The van der Waals surface area contributed by atoms with Crippen molar-refractivity contribution in [3.8, 4) is 0 Å². The maximum Gasteiger partial charge on any atom is 0.0368 e. The number of hydrogen-bond donors (Lipinski definition) is 0. The van der Waals surface area contributed by atoms with E-state index in [9.17, 15) is 0 Å². The zero-order valence-electron chi connectivity index (χ0n) is 11.8. The second kappa shape index (κ2) is 4.91. The highest BCUT2D eigenvalue weighted by atomic mass is 15.4. The van der Waals surface area contributed by atoms with Gasteiger partial charge in [0.05, 0.1) is 0 Å². The summed E-state index contributed by atoms with van der Waals surface area (Å²) in [6.07, 6.45) is 8.42. The van der Waals surface area contributed by atoms with Gasteiger partial charge in [-0.15, -0.1) is 6.58 Å². The number of allylic oxidation sites excluding steroid dienone is 1. The van der Waals surface area contributed by atoms with E-state index in [0.717, 1.165) is 12.5 Å². The summed E-state index contributed by atoms with van der Waals surface area (Å²) in [5.41, 5.74) is 0.824. The molecule has 1 rings (SSSR count). The molecule has 0 N–H and O–H groups in total. The average Bonchev–Trinajstić information content (AvgIpc) is 2.87. The van der Waals surface area contributed by atoms with Crippen molar-refractivity contribution in [2.45, 2.75) is 83.8 Å². The topological polar surface area (TPSA) is 3.01 Å². The van der Waals surface area contributed by atoms with E-state index in [1.54, 1.807) is 0 Å². The molecular weight excluding hydrogens is 194 g/mol. The van der Waals surface area contributed by atoms with Crippen LogP contribution in [0.4, 0.5) is 0 Å². The van der Waals surface area contributed by atoms with Gasteiger partial charge in [-0.3, -0.25) is 4.90 Å². The van der Waals surface area contributed by atoms with Crippen LogP contribution in [0.25, 0.3) is 0 Å². The van der Waals surface area contributed by atoms with Gasteiger partial charge in [0.15, 0.2) is 0 Å². The summed E-state index contributed by atoms with van der Waals surface area (Å²) in [4.78, 5) is 2.74. The van der Waals surface area contributed by atoms with Gasteiger partial charge in [-0.25, -0.2) is 0 Å². The number of nitrogens with zero attached hydrogens (tertiary/aromatic N) is 1. The summed E-state index contributed by atoms with van der Waals surface area (Å²) < 4.78 is 0. The second-order valence-corrected chi connectivity index (χ2v) is 6.09. The fourth-order valence-corrected chi connectivity index (χ4v) is 3.49. The van der Waals surface area contributed by atoms with Gasteiger partial charge in [-0.2, -0.15) is 0 Å². The summed E-state index contributed by atoms with van der Waals surface area (Å²) in [6.45, 7) is 15.5. The molecule has 16 heavy (non-hydrogen) atoms. The highest BCUT2D eigenvalue weighted by Crippen LogP contribution is 2.53. The van der Waals surface area contributed by atoms with Crippen molar-refractivity contribution in [2.75, 3.05) is 0 Å². The summed E-state index contributed by atoms with van der Waals surface area (Å²) in [7, 11) is 0. The monoisotopic (exact) mass is 223 g/mol. The van der Waals surface area contributed by atoms with Crippen LogP contribution in [0.2, 0.25) is 0 Å². The van der Waals surface area contributed by atoms with Gasteiger partial charge in [0.25, 0.3) is 0 Å². The van der Waals surface area contributed by atoms with Crippen molar-refractivity contribution in [2.24, 2.45) is 0 Å². The Bertz CT molecular complexity index is 232. The van der Waals surface area contributed by atoms with E-state index in [1.807, 2.05) is 6.08 Å². The molecule has 1 aliphatic heterocycles. The van der Waals surface area contributed by atoms with Crippen LogP contribution in [0.5, 0.6) is 0 Å². The van der Waals surface area contributed by atoms with Crippen molar-refractivity contribution in [1.29, 1.82) is 0 Å². The molecule has 0 bridgehead atoms. The molecule has 0 aliphatic carbocycles. The van der Waals surface area contributed by atoms with Gasteiger partial charge in [-0.1, -0.05) is 19.9 Å². The van der Waals surface area contributed by atoms with E-state index >= 15 is 0 Å². The molecule has 0 aromatic rings. The standard InChI is InChI=1S/C15H29N/c1-7-10-11-12-13-15(8-2,9-3)16(13)14(4,5)6/h7,13H,1,8-12H2,2-6H3. The molecule has 0 saturated carbocycles. The summed E-state index contributed by atoms with van der Waals surface area (Å²) in [5.74, 6) is 0. The van der Waals surface area contributed by atoms with E-state index in [4.69, 9.17) is 0 Å². The van der Waals surface area contributed by atoms with E-state index in [-0.39, 0.29) is 0 Å². The van der Waals surface area contributed by atoms with Gasteiger partial charge in [0.1, 0.15) is 0 Å². The Kier molecular flexibility index (Phi) is 4.23. The maximum absolute atomic E-state index is 3.81. The van der Waals surface area contributed by atoms with Crippen molar-refractivity contribution in [1.82, 2.24) is 4.90 Å². The van der Waals surface area contributed by atoms with Gasteiger partial charge in [0, 0.05) is 17.1 Å². The highest BCUT2D eigenvalue weighted by Gasteiger charge is 2.62. The van der Waals surface area contributed by atoms with Gasteiger partial charge in [0.2, 0.25) is 0 Å². The Morgan fingerprint density at radius 3 is 2.12 bits per heavy atom. The molecule has 0 amide bonds. The first-order valence-corrected chi connectivity index (χ1v) is 6.84. The van der Waals surface area contributed by atoms with Gasteiger partial charge >= 0.3 is 0 Å². The molecule has 2 atom stereocenters. The molecule has 1 saturated heterocycles. The summed E-state index contributed by atoms with van der Waals surface area (Å²) in [6, 6.07) is 0.808. The predicted molar refractivity (Wildman–Crippen MR) is 72.7 cm³/mol. The van der Waals surface area contributed by atoms with E-state index < -0.39 is 0 Å². The number of hydrogen-bond acceptors (Lipinski definition) is 1. The Morgan fingerprint density at radius 2 is 1.81 bits per heavy atom. The summed E-state index contributed by atoms with van der Waals surface area (Å²) >= 11 is 0. The molecule has 94 valence electrons. The lowest BCUT2D eigenvalue weighted by Gasteiger charge is -2.26. The van der Waals surface area contributed by atoms with Crippen LogP contribution in [-0.2, 0) is 0 Å². The molecule has 2 unspecified atom stereocenters. The summed E-state index contributed by atoms with van der Waals surface area (Å²) in [5, 5.41) is 0. The third kappa shape index (κ3) is 2.34. The van der Waals surface area contributed by atoms with Crippen molar-refractivity contribution in [3.05, 3.63) is 12.7 Å². The predicted octanol–water partition coefficient (Wildman–Crippen LogP) is 4.38. The molecule has 1 fully saturated rings. The van der Waals surface area contributed by atoms with Crippen LogP contribution in [0.1, 0.15) is 66.7 Å². The van der Waals surface area contributed by atoms with Crippen LogP contribution in [-0.4, -0.2) is 22.0 Å². The smallest absolute Gasteiger partial charge is 0.0368 e. The lowest BCUT2D eigenvalue weighted by Crippen LogP contribution is -2.32. The average molecular weight is 223 g/mol. The first-order valence-electron chi connectivity index (χ1n) is 6.84. The van der Waals surface area contributed by atoms with Crippen molar-refractivity contribution < 1.29 is 0 Å². The highest BCUT2D eigenvalue weighted by molar-refractivity contribution is 5.19. The molecule has 0 aromatic carbocycles. The van der Waals surface area contributed by atoms with Crippen molar-refractivity contribution in [3.63, 3.8) is 0 Å². The Balaban J connectivity index is 2.65. The third-order valence-corrected chi connectivity index (χ3v) is 4.18. The van der Waals surface area contributed by atoms with E-state index in [0.29, 0.717) is 11.1 Å². The fourth-order valence-electron chi connectivity index (χ4n) is 3.49. The molecule has 1 heteroatoms. The molecule has 0 spiro atoms. The zero-order valence-corrected chi connectivity index (χ0v) is 11.8. The molecular formula is C15H29N. The van der Waals surface area contributed by atoms with Crippen molar-refractivity contribution >= 4 is 0 Å². The molecule has 1 aliphatic rings. The van der Waals surface area contributed by atoms with E-state index in [2.05, 4.69) is 46.1 Å². The lowest BCUT2D eigenvalue weighted by atomic mass is 9.95. The van der Waals surface area contributed by atoms with Crippen LogP contribution < -0.4 is 0 Å². The molecule has 0 radical (unpaired) electrons. The SMILES string of the molecule is C=CCCCC1N(C(C)(C)C)C1(CC)CC. The molecule has 1 heterocycles. The quantitative estimate of drug-likeness (QED) is 0.367. The van der Waals surface area contributed by atoms with Crippen LogP contribution in [0.15, 0.2) is 12.7 Å². The maximum atomic E-state index is 3.81. The zero-order chi connectivity index (χ0) is 12.4. The van der Waals surface area contributed by atoms with Gasteiger partial charge < -0.3 is 0 Å². The lowest BCUT2D eigenvalue weighted by molar-refractivity contribution is 0.225. The Hall–Kier alpha value is -0.300. The number of rotatable bonds is 6.